The van der Waals surface area contributed by atoms with Crippen molar-refractivity contribution < 1.29 is 9.90 Å². The van der Waals surface area contributed by atoms with Gasteiger partial charge in [0.25, 0.3) is 0 Å². The monoisotopic (exact) mass is 244 g/mol. The lowest BCUT2D eigenvalue weighted by atomic mass is 9.95. The standard InChI is InChI=1S/C14H16N2O2/c1-9-7-12(6-3-10(9)8-15)16-14(2,13(17)18)11-4-5-11/h3,6-7,11,16H,4-5H2,1-2H3,(H,17,18). The van der Waals surface area contributed by atoms with Crippen molar-refractivity contribution in [1.29, 1.82) is 5.26 Å². The summed E-state index contributed by atoms with van der Waals surface area (Å²) in [6.07, 6.45) is 1.90. The van der Waals surface area contributed by atoms with Crippen molar-refractivity contribution in [3.05, 3.63) is 29.3 Å². The third-order valence-corrected chi connectivity index (χ3v) is 3.59. The first kappa shape index (κ1) is 12.4. The lowest BCUT2D eigenvalue weighted by Crippen LogP contribution is -2.45. The molecule has 1 aromatic carbocycles. The molecule has 1 unspecified atom stereocenters. The molecule has 4 heteroatoms. The molecule has 0 heterocycles. The van der Waals surface area contributed by atoms with E-state index in [0.717, 1.165) is 24.1 Å². The van der Waals surface area contributed by atoms with Crippen LogP contribution in [0.1, 0.15) is 30.9 Å². The Kier molecular flexibility index (Phi) is 3.00. The van der Waals surface area contributed by atoms with Gasteiger partial charge in [-0.1, -0.05) is 0 Å². The van der Waals surface area contributed by atoms with E-state index in [0.29, 0.717) is 5.56 Å². The minimum absolute atomic E-state index is 0.186. The molecule has 1 atom stereocenters. The van der Waals surface area contributed by atoms with E-state index in [-0.39, 0.29) is 5.92 Å². The van der Waals surface area contributed by atoms with Crippen LogP contribution in [0.2, 0.25) is 0 Å². The van der Waals surface area contributed by atoms with Gasteiger partial charge in [0.2, 0.25) is 0 Å². The zero-order chi connectivity index (χ0) is 13.3. The van der Waals surface area contributed by atoms with Crippen molar-refractivity contribution in [3.8, 4) is 6.07 Å². The van der Waals surface area contributed by atoms with Gasteiger partial charge in [-0.25, -0.2) is 4.79 Å². The maximum absolute atomic E-state index is 11.4. The van der Waals surface area contributed by atoms with Crippen LogP contribution in [0.4, 0.5) is 5.69 Å². The molecule has 1 saturated carbocycles. The zero-order valence-electron chi connectivity index (χ0n) is 10.5. The molecule has 0 aliphatic heterocycles. The van der Waals surface area contributed by atoms with E-state index in [9.17, 15) is 9.90 Å². The maximum atomic E-state index is 11.4. The first-order valence-corrected chi connectivity index (χ1v) is 5.99. The van der Waals surface area contributed by atoms with Crippen LogP contribution in [0.15, 0.2) is 18.2 Å². The fourth-order valence-electron chi connectivity index (χ4n) is 2.16. The predicted octanol–water partition coefficient (Wildman–Crippen LogP) is 2.53. The first-order chi connectivity index (χ1) is 8.47. The fourth-order valence-corrected chi connectivity index (χ4v) is 2.16. The molecule has 94 valence electrons. The summed E-state index contributed by atoms with van der Waals surface area (Å²) in [7, 11) is 0. The molecule has 0 spiro atoms. The third-order valence-electron chi connectivity index (χ3n) is 3.59. The highest BCUT2D eigenvalue weighted by atomic mass is 16.4. The fraction of sp³-hybridized carbons (Fsp3) is 0.429. The SMILES string of the molecule is Cc1cc(NC(C)(C(=O)O)C2CC2)ccc1C#N. The molecule has 0 amide bonds. The van der Waals surface area contributed by atoms with Crippen molar-refractivity contribution in [2.45, 2.75) is 32.2 Å². The normalized spacial score (nSPS) is 17.6. The molecule has 1 fully saturated rings. The second-order valence-corrected chi connectivity index (χ2v) is 5.05. The van der Waals surface area contributed by atoms with Crippen LogP contribution < -0.4 is 5.32 Å². The molecule has 2 N–H and O–H groups in total. The summed E-state index contributed by atoms with van der Waals surface area (Å²) in [4.78, 5) is 11.4. The summed E-state index contributed by atoms with van der Waals surface area (Å²) in [5, 5.41) is 21.3. The molecule has 0 radical (unpaired) electrons. The van der Waals surface area contributed by atoms with Gasteiger partial charge >= 0.3 is 5.97 Å². The lowest BCUT2D eigenvalue weighted by molar-refractivity contribution is -0.142. The van der Waals surface area contributed by atoms with E-state index >= 15 is 0 Å². The Hall–Kier alpha value is -2.02. The topological polar surface area (TPSA) is 73.1 Å². The molecule has 1 aliphatic carbocycles. The number of aryl methyl sites for hydroxylation is 1. The summed E-state index contributed by atoms with van der Waals surface area (Å²) in [5.74, 6) is -0.641. The number of rotatable bonds is 4. The summed E-state index contributed by atoms with van der Waals surface area (Å²) >= 11 is 0. The Balaban J connectivity index is 2.25. The van der Waals surface area contributed by atoms with Crippen LogP contribution in [0.3, 0.4) is 0 Å². The second-order valence-electron chi connectivity index (χ2n) is 5.05. The maximum Gasteiger partial charge on any atom is 0.329 e. The number of hydrogen-bond acceptors (Lipinski definition) is 3. The number of benzene rings is 1. The number of nitrogens with one attached hydrogen (secondary N) is 1. The highest BCUT2D eigenvalue weighted by Crippen LogP contribution is 2.41. The quantitative estimate of drug-likeness (QED) is 0.853. The molecule has 1 aromatic rings. The average molecular weight is 244 g/mol. The van der Waals surface area contributed by atoms with E-state index in [1.54, 1.807) is 19.1 Å². The van der Waals surface area contributed by atoms with Gasteiger partial charge in [0.15, 0.2) is 0 Å². The van der Waals surface area contributed by atoms with Crippen molar-refractivity contribution in [2.24, 2.45) is 5.92 Å². The highest BCUT2D eigenvalue weighted by Gasteiger charge is 2.47. The molecular formula is C14H16N2O2. The highest BCUT2D eigenvalue weighted by molar-refractivity contribution is 5.83. The minimum atomic E-state index is -0.916. The Bertz CT molecular complexity index is 529. The largest absolute Gasteiger partial charge is 0.480 e. The Morgan fingerprint density at radius 2 is 2.22 bits per heavy atom. The molecule has 0 aromatic heterocycles. The van der Waals surface area contributed by atoms with Crippen LogP contribution in [0.25, 0.3) is 0 Å². The van der Waals surface area contributed by atoms with Crippen molar-refractivity contribution in [3.63, 3.8) is 0 Å². The van der Waals surface area contributed by atoms with Gasteiger partial charge in [-0.05, 0) is 56.4 Å². The number of nitrogens with zero attached hydrogens (tertiary/aromatic N) is 1. The van der Waals surface area contributed by atoms with Crippen LogP contribution in [0.5, 0.6) is 0 Å². The molecular weight excluding hydrogens is 228 g/mol. The van der Waals surface area contributed by atoms with E-state index in [4.69, 9.17) is 5.26 Å². The van der Waals surface area contributed by atoms with Gasteiger partial charge in [-0.3, -0.25) is 0 Å². The summed E-state index contributed by atoms with van der Waals surface area (Å²) < 4.78 is 0. The van der Waals surface area contributed by atoms with Crippen LogP contribution in [-0.4, -0.2) is 16.6 Å². The number of nitriles is 1. The van der Waals surface area contributed by atoms with Crippen LogP contribution in [-0.2, 0) is 4.79 Å². The Morgan fingerprint density at radius 3 is 2.67 bits per heavy atom. The number of carboxylic acid groups (broad SMARTS) is 1. The van der Waals surface area contributed by atoms with Gasteiger partial charge in [0, 0.05) is 5.69 Å². The molecule has 0 bridgehead atoms. The van der Waals surface area contributed by atoms with Gasteiger partial charge in [0.05, 0.1) is 11.6 Å². The van der Waals surface area contributed by atoms with Gasteiger partial charge in [-0.2, -0.15) is 5.26 Å². The van der Waals surface area contributed by atoms with Gasteiger partial charge in [-0.15, -0.1) is 0 Å². The minimum Gasteiger partial charge on any atom is -0.480 e. The zero-order valence-corrected chi connectivity index (χ0v) is 10.5. The second kappa shape index (κ2) is 4.34. The first-order valence-electron chi connectivity index (χ1n) is 5.99. The average Bonchev–Trinajstić information content (AvgIpc) is 3.13. The van der Waals surface area contributed by atoms with E-state index < -0.39 is 11.5 Å². The van der Waals surface area contributed by atoms with Crippen LogP contribution in [0, 0.1) is 24.2 Å². The summed E-state index contributed by atoms with van der Waals surface area (Å²) in [5.41, 5.74) is 1.30. The third kappa shape index (κ3) is 2.17. The smallest absolute Gasteiger partial charge is 0.329 e. The molecule has 0 saturated heterocycles. The predicted molar refractivity (Wildman–Crippen MR) is 68.3 cm³/mol. The number of carbonyl (C=O) groups is 1. The number of aliphatic carboxylic acids is 1. The summed E-state index contributed by atoms with van der Waals surface area (Å²) in [6.45, 7) is 3.57. The number of hydrogen-bond donors (Lipinski definition) is 2. The summed E-state index contributed by atoms with van der Waals surface area (Å²) in [6, 6.07) is 7.39. The lowest BCUT2D eigenvalue weighted by Gasteiger charge is -2.27. The Morgan fingerprint density at radius 1 is 1.56 bits per heavy atom. The molecule has 4 nitrogen and oxygen atoms in total. The van der Waals surface area contributed by atoms with E-state index in [2.05, 4.69) is 11.4 Å². The van der Waals surface area contributed by atoms with E-state index in [1.165, 1.54) is 0 Å². The van der Waals surface area contributed by atoms with Crippen molar-refractivity contribution in [1.82, 2.24) is 0 Å². The van der Waals surface area contributed by atoms with Crippen molar-refractivity contribution in [2.75, 3.05) is 5.32 Å². The van der Waals surface area contributed by atoms with Gasteiger partial charge < -0.3 is 10.4 Å². The van der Waals surface area contributed by atoms with Crippen LogP contribution >= 0.6 is 0 Å². The van der Waals surface area contributed by atoms with E-state index in [1.807, 2.05) is 13.0 Å². The number of anilines is 1. The van der Waals surface area contributed by atoms with Gasteiger partial charge in [0.1, 0.15) is 5.54 Å². The molecule has 1 aliphatic rings. The number of carboxylic acids is 1. The van der Waals surface area contributed by atoms with Crippen molar-refractivity contribution >= 4 is 11.7 Å². The Labute approximate surface area is 106 Å². The molecule has 18 heavy (non-hydrogen) atoms. The molecule has 2 rings (SSSR count).